The number of rotatable bonds is 2. The molecule has 2 spiro atoms. The van der Waals surface area contributed by atoms with Crippen LogP contribution < -0.4 is 20.1 Å². The fourth-order valence-corrected chi connectivity index (χ4v) is 7.37. The first-order valence-corrected chi connectivity index (χ1v) is 14.2. The molecule has 0 bridgehead atoms. The van der Waals surface area contributed by atoms with E-state index in [1.807, 2.05) is 0 Å². The first-order chi connectivity index (χ1) is 17.3. The molecule has 0 amide bonds. The van der Waals surface area contributed by atoms with Crippen LogP contribution in [0, 0.1) is 0 Å². The lowest BCUT2D eigenvalue weighted by Crippen LogP contribution is -2.35. The Morgan fingerprint density at radius 2 is 1.11 bits per heavy atom. The second-order valence-corrected chi connectivity index (χ2v) is 12.2. The Bertz CT molecular complexity index is 1030. The number of nitrogens with zero attached hydrogens (tertiary/aromatic N) is 2. The highest BCUT2D eigenvalue weighted by Crippen LogP contribution is 2.52. The molecule has 8 nitrogen and oxygen atoms in total. The van der Waals surface area contributed by atoms with Gasteiger partial charge < -0.3 is 30.3 Å². The topological polar surface area (TPSA) is 109 Å². The van der Waals surface area contributed by atoms with Gasteiger partial charge in [0.05, 0.1) is 35.4 Å². The Kier molecular flexibility index (Phi) is 8.62. The zero-order valence-corrected chi connectivity index (χ0v) is 23.9. The number of aliphatic hydroxyl groups excluding tert-OH is 2. The van der Waals surface area contributed by atoms with E-state index in [1.54, 1.807) is 26.6 Å². The standard InChI is InChI=1S/2C13H17BrN2O2.CH4/c2*1-18-11-9(14)6-15-12-10(11)13(7-16-12)4-2-8(17)3-5-13;/h2*6,8,17H,2-5,7H2,1H3,(H,15,16);1H4. The zero-order chi connectivity index (χ0) is 25.5. The lowest BCUT2D eigenvalue weighted by Gasteiger charge is -2.36. The molecule has 6 rings (SSSR count). The van der Waals surface area contributed by atoms with E-state index in [0.29, 0.717) is 0 Å². The Morgan fingerprint density at radius 3 is 1.43 bits per heavy atom. The van der Waals surface area contributed by atoms with Crippen LogP contribution in [-0.2, 0) is 10.8 Å². The van der Waals surface area contributed by atoms with Crippen molar-refractivity contribution in [3.8, 4) is 11.5 Å². The van der Waals surface area contributed by atoms with Crippen molar-refractivity contribution >= 4 is 43.5 Å². The third-order valence-corrected chi connectivity index (χ3v) is 9.59. The maximum atomic E-state index is 9.71. The summed E-state index contributed by atoms with van der Waals surface area (Å²) >= 11 is 7.01. The molecule has 2 aromatic heterocycles. The summed E-state index contributed by atoms with van der Waals surface area (Å²) in [5, 5.41) is 26.2. The van der Waals surface area contributed by atoms with Gasteiger partial charge in [-0.1, -0.05) is 7.43 Å². The minimum atomic E-state index is -0.147. The summed E-state index contributed by atoms with van der Waals surface area (Å²) in [5.41, 5.74) is 2.53. The van der Waals surface area contributed by atoms with Crippen LogP contribution in [0.3, 0.4) is 0 Å². The maximum absolute atomic E-state index is 9.71. The van der Waals surface area contributed by atoms with Crippen molar-refractivity contribution in [2.45, 2.75) is 81.8 Å². The molecule has 4 N–H and O–H groups in total. The van der Waals surface area contributed by atoms with Crippen molar-refractivity contribution in [2.24, 2.45) is 0 Å². The highest BCUT2D eigenvalue weighted by Gasteiger charge is 2.46. The first kappa shape index (κ1) is 28.4. The molecule has 0 aromatic carbocycles. The van der Waals surface area contributed by atoms with Crippen molar-refractivity contribution in [2.75, 3.05) is 37.9 Å². The van der Waals surface area contributed by atoms with Gasteiger partial charge in [0.15, 0.2) is 0 Å². The average Bonchev–Trinajstić information content (AvgIpc) is 3.43. The van der Waals surface area contributed by atoms with Crippen molar-refractivity contribution in [1.29, 1.82) is 0 Å². The van der Waals surface area contributed by atoms with Gasteiger partial charge in [-0.25, -0.2) is 9.97 Å². The molecule has 2 aromatic rings. The number of anilines is 2. The molecule has 37 heavy (non-hydrogen) atoms. The van der Waals surface area contributed by atoms with Crippen LogP contribution in [0.15, 0.2) is 21.3 Å². The summed E-state index contributed by atoms with van der Waals surface area (Å²) < 4.78 is 12.9. The first-order valence-electron chi connectivity index (χ1n) is 12.6. The number of pyridine rings is 2. The van der Waals surface area contributed by atoms with E-state index in [-0.39, 0.29) is 30.5 Å². The summed E-state index contributed by atoms with van der Waals surface area (Å²) in [6, 6.07) is 0. The second-order valence-electron chi connectivity index (χ2n) is 10.5. The number of halogens is 2. The van der Waals surface area contributed by atoms with Gasteiger partial charge in [0.25, 0.3) is 0 Å². The molecule has 2 saturated carbocycles. The minimum absolute atomic E-state index is 0. The minimum Gasteiger partial charge on any atom is -0.495 e. The molecule has 0 radical (unpaired) electrons. The van der Waals surface area contributed by atoms with Gasteiger partial charge in [0.1, 0.15) is 23.1 Å². The molecular formula is C27H38Br2N4O4. The normalized spacial score (nSPS) is 29.2. The second kappa shape index (κ2) is 11.2. The van der Waals surface area contributed by atoms with E-state index in [0.717, 1.165) is 96.5 Å². The lowest BCUT2D eigenvalue weighted by molar-refractivity contribution is 0.0997. The molecule has 4 aliphatic rings. The monoisotopic (exact) mass is 640 g/mol. The fourth-order valence-electron chi connectivity index (χ4n) is 6.44. The molecule has 2 aliphatic carbocycles. The summed E-state index contributed by atoms with van der Waals surface area (Å²) in [5.74, 6) is 3.65. The molecule has 0 unspecified atom stereocenters. The molecule has 2 fully saturated rings. The number of ether oxygens (including phenoxy) is 2. The van der Waals surface area contributed by atoms with Gasteiger partial charge >= 0.3 is 0 Å². The number of fused-ring (bicyclic) bond motifs is 4. The average molecular weight is 642 g/mol. The number of methoxy groups -OCH3 is 2. The lowest BCUT2D eigenvalue weighted by atomic mass is 9.70. The molecule has 204 valence electrons. The SMILES string of the molecule is C.COc1c(Br)cnc2c1C1(CCC(O)CC1)CN2.COc1c(Br)cnc2c1C1(CCC(O)CC1)CN2. The van der Waals surface area contributed by atoms with Crippen LogP contribution in [0.2, 0.25) is 0 Å². The van der Waals surface area contributed by atoms with Crippen LogP contribution in [0.5, 0.6) is 11.5 Å². The van der Waals surface area contributed by atoms with E-state index in [9.17, 15) is 10.2 Å². The summed E-state index contributed by atoms with van der Waals surface area (Å²) in [6.45, 7) is 1.80. The quantitative estimate of drug-likeness (QED) is 0.339. The van der Waals surface area contributed by atoms with E-state index >= 15 is 0 Å². The van der Waals surface area contributed by atoms with Crippen molar-refractivity contribution in [3.05, 3.63) is 32.5 Å². The van der Waals surface area contributed by atoms with Gasteiger partial charge in [0.2, 0.25) is 0 Å². The fraction of sp³-hybridized carbons (Fsp3) is 0.630. The highest BCUT2D eigenvalue weighted by atomic mass is 79.9. The largest absolute Gasteiger partial charge is 0.495 e. The van der Waals surface area contributed by atoms with Crippen molar-refractivity contribution in [1.82, 2.24) is 9.97 Å². The predicted octanol–water partition coefficient (Wildman–Crippen LogP) is 5.54. The number of hydrogen-bond acceptors (Lipinski definition) is 8. The Labute approximate surface area is 236 Å². The van der Waals surface area contributed by atoms with E-state index in [4.69, 9.17) is 9.47 Å². The predicted molar refractivity (Wildman–Crippen MR) is 153 cm³/mol. The Hall–Kier alpha value is -1.62. The summed E-state index contributed by atoms with van der Waals surface area (Å²) in [6.07, 6.45) is 10.7. The third-order valence-electron chi connectivity index (χ3n) is 8.46. The zero-order valence-electron chi connectivity index (χ0n) is 20.7. The highest BCUT2D eigenvalue weighted by molar-refractivity contribution is 9.10. The van der Waals surface area contributed by atoms with Gasteiger partial charge in [-0.2, -0.15) is 0 Å². The van der Waals surface area contributed by atoms with E-state index < -0.39 is 0 Å². The number of nitrogens with one attached hydrogen (secondary N) is 2. The van der Waals surface area contributed by atoms with Gasteiger partial charge in [-0.15, -0.1) is 0 Å². The number of aromatic nitrogens is 2. The summed E-state index contributed by atoms with van der Waals surface area (Å²) in [7, 11) is 3.40. The Morgan fingerprint density at radius 1 is 0.757 bits per heavy atom. The van der Waals surface area contributed by atoms with Gasteiger partial charge in [-0.3, -0.25) is 0 Å². The third kappa shape index (κ3) is 5.06. The Balaban J connectivity index is 0.000000168. The van der Waals surface area contributed by atoms with Crippen LogP contribution in [0.25, 0.3) is 0 Å². The smallest absolute Gasteiger partial charge is 0.142 e. The van der Waals surface area contributed by atoms with E-state index in [1.165, 1.54) is 11.1 Å². The van der Waals surface area contributed by atoms with Crippen LogP contribution in [0.4, 0.5) is 11.6 Å². The van der Waals surface area contributed by atoms with Crippen LogP contribution in [0.1, 0.15) is 69.9 Å². The molecular weight excluding hydrogens is 604 g/mol. The van der Waals surface area contributed by atoms with Crippen LogP contribution in [-0.4, -0.2) is 59.7 Å². The molecule has 10 heteroatoms. The van der Waals surface area contributed by atoms with Crippen molar-refractivity contribution in [3.63, 3.8) is 0 Å². The number of aliphatic hydroxyl groups is 2. The van der Waals surface area contributed by atoms with Gasteiger partial charge in [0, 0.05) is 47.4 Å². The summed E-state index contributed by atoms with van der Waals surface area (Å²) in [4.78, 5) is 8.87. The maximum Gasteiger partial charge on any atom is 0.142 e. The van der Waals surface area contributed by atoms with Crippen LogP contribution >= 0.6 is 31.9 Å². The van der Waals surface area contributed by atoms with E-state index in [2.05, 4.69) is 52.5 Å². The number of hydrogen-bond donors (Lipinski definition) is 4. The van der Waals surface area contributed by atoms with Gasteiger partial charge in [-0.05, 0) is 83.2 Å². The molecule has 2 aliphatic heterocycles. The molecule has 4 heterocycles. The molecule has 0 atom stereocenters. The van der Waals surface area contributed by atoms with Crippen molar-refractivity contribution < 1.29 is 19.7 Å². The molecule has 0 saturated heterocycles.